The van der Waals surface area contributed by atoms with Crippen LogP contribution in [0.5, 0.6) is 0 Å². The number of H-pyrrole nitrogens is 1. The van der Waals surface area contributed by atoms with Gasteiger partial charge in [-0.1, -0.05) is 60.2 Å². The molecule has 5 rings (SSSR count). The summed E-state index contributed by atoms with van der Waals surface area (Å²) in [6.45, 7) is 3.82. The van der Waals surface area contributed by atoms with Gasteiger partial charge in [0.25, 0.3) is 10.0 Å². The van der Waals surface area contributed by atoms with E-state index in [0.717, 1.165) is 38.7 Å². The van der Waals surface area contributed by atoms with Crippen LogP contribution in [0.4, 0.5) is 0 Å². The van der Waals surface area contributed by atoms with Crippen LogP contribution < -0.4 is 0 Å². The molecule has 1 aliphatic heterocycles. The summed E-state index contributed by atoms with van der Waals surface area (Å²) in [6.07, 6.45) is 5.50. The van der Waals surface area contributed by atoms with Crippen LogP contribution in [-0.2, 0) is 10.0 Å². The summed E-state index contributed by atoms with van der Waals surface area (Å²) < 4.78 is 29.2. The van der Waals surface area contributed by atoms with Crippen LogP contribution >= 0.6 is 0 Å². The molecule has 0 saturated heterocycles. The molecule has 0 amide bonds. The molecule has 0 unspecified atom stereocenters. The number of aromatic nitrogens is 1. The minimum absolute atomic E-state index is 0.335. The summed E-state index contributed by atoms with van der Waals surface area (Å²) in [5.41, 5.74) is 5.72. The summed E-state index contributed by atoms with van der Waals surface area (Å²) in [6, 6.07) is 21.0. The van der Waals surface area contributed by atoms with Gasteiger partial charge in [-0.25, -0.2) is 8.42 Å². The topological polar surface area (TPSA) is 53.2 Å². The van der Waals surface area contributed by atoms with Crippen molar-refractivity contribution in [2.45, 2.75) is 24.8 Å². The van der Waals surface area contributed by atoms with Gasteiger partial charge >= 0.3 is 0 Å². The maximum absolute atomic E-state index is 13.8. The molecule has 1 aliphatic rings. The lowest BCUT2D eigenvalue weighted by atomic mass is 9.92. The van der Waals surface area contributed by atoms with Gasteiger partial charge in [0.2, 0.25) is 0 Å². The number of para-hydroxylation sites is 1. The average Bonchev–Trinajstić information content (AvgIpc) is 3.16. The summed E-state index contributed by atoms with van der Waals surface area (Å²) in [4.78, 5) is 3.64. The quantitative estimate of drug-likeness (QED) is 0.478. The first-order valence-corrected chi connectivity index (χ1v) is 11.3. The maximum atomic E-state index is 13.8. The van der Waals surface area contributed by atoms with E-state index in [9.17, 15) is 8.42 Å². The van der Waals surface area contributed by atoms with Crippen LogP contribution in [-0.4, -0.2) is 17.7 Å². The SMILES string of the molecule is Cc1ccc(S(=O)(=O)N2C=Cc3ccccc3[C@H]2c2c[nH]c3ccccc23)c(C)c1. The normalized spacial score (nSPS) is 16.1. The molecule has 0 radical (unpaired) electrons. The molecule has 0 aliphatic carbocycles. The Morgan fingerprint density at radius 3 is 2.50 bits per heavy atom. The molecule has 3 aromatic carbocycles. The number of benzene rings is 3. The van der Waals surface area contributed by atoms with E-state index in [1.54, 1.807) is 12.3 Å². The summed E-state index contributed by atoms with van der Waals surface area (Å²) in [5.74, 6) is 0. The molecule has 0 fully saturated rings. The Bertz CT molecular complexity index is 1400. The van der Waals surface area contributed by atoms with Crippen molar-refractivity contribution in [1.82, 2.24) is 9.29 Å². The highest BCUT2D eigenvalue weighted by atomic mass is 32.2. The number of hydrogen-bond acceptors (Lipinski definition) is 2. The maximum Gasteiger partial charge on any atom is 0.264 e. The predicted octanol–water partition coefficient (Wildman–Crippen LogP) is 5.55. The molecule has 5 heteroatoms. The van der Waals surface area contributed by atoms with Crippen molar-refractivity contribution in [1.29, 1.82) is 0 Å². The first kappa shape index (κ1) is 18.7. The molecule has 4 nitrogen and oxygen atoms in total. The number of fused-ring (bicyclic) bond motifs is 2. The van der Waals surface area contributed by atoms with E-state index >= 15 is 0 Å². The smallest absolute Gasteiger partial charge is 0.264 e. The zero-order chi connectivity index (χ0) is 20.9. The second-order valence-corrected chi connectivity index (χ2v) is 9.55. The van der Waals surface area contributed by atoms with E-state index < -0.39 is 16.1 Å². The molecule has 0 bridgehead atoms. The van der Waals surface area contributed by atoms with Crippen molar-refractivity contribution >= 4 is 27.0 Å². The fourth-order valence-corrected chi connectivity index (χ4v) is 5.99. The highest BCUT2D eigenvalue weighted by molar-refractivity contribution is 7.89. The van der Waals surface area contributed by atoms with Crippen molar-refractivity contribution in [3.05, 3.63) is 107 Å². The molecule has 1 atom stereocenters. The van der Waals surface area contributed by atoms with E-state index in [4.69, 9.17) is 0 Å². The predicted molar refractivity (Wildman–Crippen MR) is 121 cm³/mol. The van der Waals surface area contributed by atoms with E-state index in [-0.39, 0.29) is 0 Å². The lowest BCUT2D eigenvalue weighted by molar-refractivity contribution is 0.448. The Morgan fingerprint density at radius 1 is 0.900 bits per heavy atom. The molecule has 30 heavy (non-hydrogen) atoms. The summed E-state index contributed by atoms with van der Waals surface area (Å²) in [7, 11) is -3.76. The first-order valence-electron chi connectivity index (χ1n) is 9.91. The fraction of sp³-hybridized carbons (Fsp3) is 0.120. The molecule has 2 heterocycles. The Morgan fingerprint density at radius 2 is 1.67 bits per heavy atom. The van der Waals surface area contributed by atoms with Gasteiger partial charge in [0.15, 0.2) is 0 Å². The fourth-order valence-electron chi connectivity index (χ4n) is 4.33. The van der Waals surface area contributed by atoms with Crippen LogP contribution in [0.25, 0.3) is 17.0 Å². The molecule has 1 N–H and O–H groups in total. The van der Waals surface area contributed by atoms with Gasteiger partial charge in [0, 0.05) is 28.9 Å². The molecule has 4 aromatic rings. The number of sulfonamides is 1. The second kappa shape index (κ2) is 6.89. The van der Waals surface area contributed by atoms with Crippen LogP contribution in [0.15, 0.2) is 84.0 Å². The van der Waals surface area contributed by atoms with Crippen molar-refractivity contribution in [3.63, 3.8) is 0 Å². The van der Waals surface area contributed by atoms with Crippen LogP contribution in [0, 0.1) is 13.8 Å². The number of nitrogens with zero attached hydrogens (tertiary/aromatic N) is 1. The average molecular weight is 415 g/mol. The van der Waals surface area contributed by atoms with Gasteiger partial charge in [-0.05, 0) is 48.7 Å². The van der Waals surface area contributed by atoms with E-state index in [1.165, 1.54) is 4.31 Å². The van der Waals surface area contributed by atoms with Gasteiger partial charge in [-0.3, -0.25) is 4.31 Å². The number of hydrogen-bond donors (Lipinski definition) is 1. The number of nitrogens with one attached hydrogen (secondary N) is 1. The van der Waals surface area contributed by atoms with Crippen molar-refractivity contribution in [2.75, 3.05) is 0 Å². The van der Waals surface area contributed by atoms with Gasteiger partial charge in [-0.15, -0.1) is 0 Å². The number of aromatic amines is 1. The van der Waals surface area contributed by atoms with E-state index in [0.29, 0.717) is 4.90 Å². The van der Waals surface area contributed by atoms with Crippen molar-refractivity contribution in [2.24, 2.45) is 0 Å². The highest BCUT2D eigenvalue weighted by Crippen LogP contribution is 2.41. The monoisotopic (exact) mass is 414 g/mol. The van der Waals surface area contributed by atoms with Crippen LogP contribution in [0.2, 0.25) is 0 Å². The lowest BCUT2D eigenvalue weighted by Crippen LogP contribution is -2.33. The highest BCUT2D eigenvalue weighted by Gasteiger charge is 2.36. The van der Waals surface area contributed by atoms with E-state index in [2.05, 4.69) is 4.98 Å². The first-order chi connectivity index (χ1) is 14.5. The third kappa shape index (κ3) is 2.85. The molecular weight excluding hydrogens is 392 g/mol. The van der Waals surface area contributed by atoms with Crippen LogP contribution in [0.1, 0.15) is 33.9 Å². The third-order valence-electron chi connectivity index (χ3n) is 5.75. The Balaban J connectivity index is 1.75. The van der Waals surface area contributed by atoms with Crippen molar-refractivity contribution < 1.29 is 8.42 Å². The number of rotatable bonds is 3. The summed E-state index contributed by atoms with van der Waals surface area (Å²) in [5, 5.41) is 1.02. The molecule has 150 valence electrons. The summed E-state index contributed by atoms with van der Waals surface area (Å²) >= 11 is 0. The van der Waals surface area contributed by atoms with Gasteiger partial charge < -0.3 is 4.98 Å². The van der Waals surface area contributed by atoms with Gasteiger partial charge in [-0.2, -0.15) is 0 Å². The minimum Gasteiger partial charge on any atom is -0.361 e. The standard InChI is InChI=1S/C25H22N2O2S/c1-17-11-12-24(18(2)15-17)30(28,29)27-14-13-19-7-3-4-8-20(19)25(27)22-16-26-23-10-6-5-9-21(22)23/h3-16,25-26H,1-2H3/t25-/m0/s1. The van der Waals surface area contributed by atoms with Gasteiger partial charge in [0.1, 0.15) is 0 Å². The Hall–Kier alpha value is -3.31. The zero-order valence-electron chi connectivity index (χ0n) is 16.8. The molecule has 0 spiro atoms. The second-order valence-electron chi connectivity index (χ2n) is 7.74. The minimum atomic E-state index is -3.76. The largest absolute Gasteiger partial charge is 0.361 e. The van der Waals surface area contributed by atoms with Crippen molar-refractivity contribution in [3.8, 4) is 0 Å². The lowest BCUT2D eigenvalue weighted by Gasteiger charge is -2.34. The van der Waals surface area contributed by atoms with Crippen LogP contribution in [0.3, 0.4) is 0 Å². The Labute approximate surface area is 176 Å². The third-order valence-corrected chi connectivity index (χ3v) is 7.65. The molecular formula is C25H22N2O2S. The zero-order valence-corrected chi connectivity index (χ0v) is 17.6. The molecule has 1 aromatic heterocycles. The number of aryl methyl sites for hydroxylation is 2. The van der Waals surface area contributed by atoms with E-state index in [1.807, 2.05) is 86.8 Å². The Kier molecular flexibility index (Phi) is 4.29. The van der Waals surface area contributed by atoms with Gasteiger partial charge in [0.05, 0.1) is 10.9 Å². The molecule has 0 saturated carbocycles.